The molecular formula is C12H13N3O2S. The number of nitrogens with zero attached hydrogens (tertiary/aromatic N) is 3. The zero-order valence-electron chi connectivity index (χ0n) is 10.1. The Bertz CT molecular complexity index is 554. The average molecular weight is 263 g/mol. The number of aromatic carboxylic acids is 1. The van der Waals surface area contributed by atoms with Crippen molar-refractivity contribution in [2.24, 2.45) is 0 Å². The summed E-state index contributed by atoms with van der Waals surface area (Å²) < 4.78 is 0. The summed E-state index contributed by atoms with van der Waals surface area (Å²) in [5, 5.41) is 9.68. The number of anilines is 1. The lowest BCUT2D eigenvalue weighted by atomic mass is 10.3. The molecule has 5 nitrogen and oxygen atoms in total. The van der Waals surface area contributed by atoms with Gasteiger partial charge in [0.2, 0.25) is 0 Å². The normalized spacial score (nSPS) is 10.3. The zero-order chi connectivity index (χ0) is 13.1. The van der Waals surface area contributed by atoms with Crippen LogP contribution in [-0.2, 0) is 6.54 Å². The predicted octanol–water partition coefficient (Wildman–Crippen LogP) is 2.18. The largest absolute Gasteiger partial charge is 0.477 e. The molecule has 2 aromatic rings. The van der Waals surface area contributed by atoms with Crippen LogP contribution in [0.4, 0.5) is 5.13 Å². The molecule has 0 unspecified atom stereocenters. The Morgan fingerprint density at radius 1 is 1.50 bits per heavy atom. The smallest absolute Gasteiger partial charge is 0.347 e. The summed E-state index contributed by atoms with van der Waals surface area (Å²) in [7, 11) is 1.87. The lowest BCUT2D eigenvalue weighted by molar-refractivity contribution is 0.0701. The summed E-state index contributed by atoms with van der Waals surface area (Å²) in [5.74, 6) is -0.928. The van der Waals surface area contributed by atoms with Gasteiger partial charge in [-0.2, -0.15) is 0 Å². The molecule has 0 amide bonds. The van der Waals surface area contributed by atoms with Crippen molar-refractivity contribution in [2.45, 2.75) is 13.5 Å². The van der Waals surface area contributed by atoms with E-state index in [0.29, 0.717) is 17.4 Å². The molecule has 0 atom stereocenters. The predicted molar refractivity (Wildman–Crippen MR) is 70.2 cm³/mol. The number of thiazole rings is 1. The third kappa shape index (κ3) is 2.65. The van der Waals surface area contributed by atoms with Gasteiger partial charge in [-0.25, -0.2) is 9.78 Å². The van der Waals surface area contributed by atoms with E-state index in [0.717, 1.165) is 5.69 Å². The van der Waals surface area contributed by atoms with Crippen LogP contribution in [0.15, 0.2) is 24.4 Å². The van der Waals surface area contributed by atoms with E-state index in [4.69, 9.17) is 5.11 Å². The Hall–Kier alpha value is -1.95. The number of carbonyl (C=O) groups is 1. The van der Waals surface area contributed by atoms with Gasteiger partial charge in [-0.15, -0.1) is 0 Å². The highest BCUT2D eigenvalue weighted by Gasteiger charge is 2.16. The van der Waals surface area contributed by atoms with Gasteiger partial charge in [0.05, 0.1) is 17.9 Å². The molecule has 2 heterocycles. The molecule has 0 aliphatic carbocycles. The van der Waals surface area contributed by atoms with Crippen molar-refractivity contribution in [1.29, 1.82) is 0 Å². The maximum atomic E-state index is 11.0. The standard InChI is InChI=1S/C12H13N3O2S/c1-8-10(11(16)17)18-12(14-8)15(2)7-9-5-3-4-6-13-9/h3-6H,7H2,1-2H3,(H,16,17). The van der Waals surface area contributed by atoms with Crippen LogP contribution in [0.25, 0.3) is 0 Å². The van der Waals surface area contributed by atoms with E-state index in [1.807, 2.05) is 30.1 Å². The number of aromatic nitrogens is 2. The molecule has 0 radical (unpaired) electrons. The van der Waals surface area contributed by atoms with E-state index in [1.165, 1.54) is 11.3 Å². The van der Waals surface area contributed by atoms with Crippen LogP contribution in [0.1, 0.15) is 21.1 Å². The number of hydrogen-bond acceptors (Lipinski definition) is 5. The van der Waals surface area contributed by atoms with Crippen LogP contribution >= 0.6 is 11.3 Å². The van der Waals surface area contributed by atoms with E-state index in [2.05, 4.69) is 9.97 Å². The van der Waals surface area contributed by atoms with Crippen molar-refractivity contribution in [2.75, 3.05) is 11.9 Å². The lowest BCUT2D eigenvalue weighted by Crippen LogP contribution is -2.16. The van der Waals surface area contributed by atoms with Crippen molar-refractivity contribution in [3.63, 3.8) is 0 Å². The lowest BCUT2D eigenvalue weighted by Gasteiger charge is -2.14. The Labute approximate surface area is 109 Å². The Balaban J connectivity index is 2.17. The second kappa shape index (κ2) is 5.14. The van der Waals surface area contributed by atoms with Gasteiger partial charge in [-0.05, 0) is 19.1 Å². The molecule has 94 valence electrons. The molecule has 0 saturated carbocycles. The van der Waals surface area contributed by atoms with Crippen molar-refractivity contribution in [3.05, 3.63) is 40.7 Å². The molecule has 0 aromatic carbocycles. The maximum absolute atomic E-state index is 11.0. The Kier molecular flexibility index (Phi) is 3.57. The van der Waals surface area contributed by atoms with E-state index in [1.54, 1.807) is 13.1 Å². The SMILES string of the molecule is Cc1nc(N(C)Cc2ccccn2)sc1C(=O)O. The fraction of sp³-hybridized carbons (Fsp3) is 0.250. The van der Waals surface area contributed by atoms with Gasteiger partial charge in [0.1, 0.15) is 4.88 Å². The first kappa shape index (κ1) is 12.5. The minimum Gasteiger partial charge on any atom is -0.477 e. The molecule has 0 bridgehead atoms. The van der Waals surface area contributed by atoms with E-state index >= 15 is 0 Å². The molecule has 0 spiro atoms. The van der Waals surface area contributed by atoms with Gasteiger partial charge >= 0.3 is 5.97 Å². The zero-order valence-corrected chi connectivity index (χ0v) is 10.9. The van der Waals surface area contributed by atoms with Crippen molar-refractivity contribution in [1.82, 2.24) is 9.97 Å². The summed E-state index contributed by atoms with van der Waals surface area (Å²) in [6.45, 7) is 2.31. The van der Waals surface area contributed by atoms with E-state index < -0.39 is 5.97 Å². The van der Waals surface area contributed by atoms with Gasteiger partial charge in [-0.1, -0.05) is 17.4 Å². The molecule has 2 aromatic heterocycles. The third-order valence-corrected chi connectivity index (χ3v) is 3.69. The first-order valence-electron chi connectivity index (χ1n) is 5.39. The summed E-state index contributed by atoms with van der Waals surface area (Å²) >= 11 is 1.18. The second-order valence-corrected chi connectivity index (χ2v) is 4.87. The monoisotopic (exact) mass is 263 g/mol. The molecule has 0 saturated heterocycles. The van der Waals surface area contributed by atoms with Crippen LogP contribution in [0.3, 0.4) is 0 Å². The molecular weight excluding hydrogens is 250 g/mol. The van der Waals surface area contributed by atoms with Crippen molar-refractivity contribution < 1.29 is 9.90 Å². The molecule has 2 rings (SSSR count). The molecule has 1 N–H and O–H groups in total. The number of carboxylic acid groups (broad SMARTS) is 1. The van der Waals surface area contributed by atoms with Crippen LogP contribution in [0, 0.1) is 6.92 Å². The number of pyridine rings is 1. The van der Waals surface area contributed by atoms with Gasteiger partial charge in [0.25, 0.3) is 0 Å². The highest BCUT2D eigenvalue weighted by molar-refractivity contribution is 7.17. The summed E-state index contributed by atoms with van der Waals surface area (Å²) in [6, 6.07) is 5.71. The fourth-order valence-corrected chi connectivity index (χ4v) is 2.41. The first-order valence-corrected chi connectivity index (χ1v) is 6.21. The van der Waals surface area contributed by atoms with Crippen molar-refractivity contribution >= 4 is 22.4 Å². The maximum Gasteiger partial charge on any atom is 0.347 e. The molecule has 18 heavy (non-hydrogen) atoms. The first-order chi connectivity index (χ1) is 8.58. The molecule has 0 aliphatic rings. The Morgan fingerprint density at radius 3 is 2.83 bits per heavy atom. The molecule has 6 heteroatoms. The summed E-state index contributed by atoms with van der Waals surface area (Å²) in [6.07, 6.45) is 1.74. The third-order valence-electron chi connectivity index (χ3n) is 2.43. The van der Waals surface area contributed by atoms with Crippen LogP contribution in [0.5, 0.6) is 0 Å². The van der Waals surface area contributed by atoms with Crippen LogP contribution < -0.4 is 4.90 Å². The van der Waals surface area contributed by atoms with Gasteiger partial charge in [0, 0.05) is 13.2 Å². The summed E-state index contributed by atoms with van der Waals surface area (Å²) in [5.41, 5.74) is 1.47. The quantitative estimate of drug-likeness (QED) is 0.915. The second-order valence-electron chi connectivity index (χ2n) is 3.89. The van der Waals surface area contributed by atoms with Gasteiger partial charge < -0.3 is 10.0 Å². The van der Waals surface area contributed by atoms with Crippen molar-refractivity contribution in [3.8, 4) is 0 Å². The summed E-state index contributed by atoms with van der Waals surface area (Å²) in [4.78, 5) is 21.6. The number of carboxylic acids is 1. The number of rotatable bonds is 4. The van der Waals surface area contributed by atoms with Crippen LogP contribution in [-0.4, -0.2) is 28.1 Å². The Morgan fingerprint density at radius 2 is 2.28 bits per heavy atom. The van der Waals surface area contributed by atoms with E-state index in [9.17, 15) is 4.79 Å². The molecule has 0 fully saturated rings. The minimum absolute atomic E-state index is 0.290. The van der Waals surface area contributed by atoms with Gasteiger partial charge in [0.15, 0.2) is 5.13 Å². The van der Waals surface area contributed by atoms with Gasteiger partial charge in [-0.3, -0.25) is 4.98 Å². The number of hydrogen-bond donors (Lipinski definition) is 1. The highest BCUT2D eigenvalue weighted by atomic mass is 32.1. The topological polar surface area (TPSA) is 66.3 Å². The number of aryl methyl sites for hydroxylation is 1. The van der Waals surface area contributed by atoms with Crippen LogP contribution in [0.2, 0.25) is 0 Å². The molecule has 0 aliphatic heterocycles. The average Bonchev–Trinajstić information content (AvgIpc) is 2.73. The minimum atomic E-state index is -0.928. The van der Waals surface area contributed by atoms with E-state index in [-0.39, 0.29) is 4.88 Å². The highest BCUT2D eigenvalue weighted by Crippen LogP contribution is 2.25. The fourth-order valence-electron chi connectivity index (χ4n) is 1.55.